The third kappa shape index (κ3) is 4.28. The average Bonchev–Trinajstić information content (AvgIpc) is 2.48. The number of carboxylic acid groups (broad SMARTS) is 1. The van der Waals surface area contributed by atoms with Gasteiger partial charge in [0.1, 0.15) is 5.82 Å². The number of carbonyl (C=O) groups is 2. The van der Waals surface area contributed by atoms with E-state index in [0.29, 0.717) is 0 Å². The summed E-state index contributed by atoms with van der Waals surface area (Å²) in [7, 11) is 0. The average molecular weight is 293 g/mol. The molecule has 1 unspecified atom stereocenters. The number of hydrogen-bond acceptors (Lipinski definition) is 2. The van der Waals surface area contributed by atoms with Crippen LogP contribution in [0.5, 0.6) is 0 Å². The summed E-state index contributed by atoms with van der Waals surface area (Å²) in [4.78, 5) is 23.3. The SMILES string of the molecule is O=C(NCC(C(=O)O)C1CCCCC1)c1cccc(F)c1. The minimum absolute atomic E-state index is 0.0926. The number of benzene rings is 1. The van der Waals surface area contributed by atoms with E-state index in [0.717, 1.165) is 38.2 Å². The van der Waals surface area contributed by atoms with E-state index in [2.05, 4.69) is 5.32 Å². The number of rotatable bonds is 5. The lowest BCUT2D eigenvalue weighted by Gasteiger charge is -2.27. The molecule has 114 valence electrons. The van der Waals surface area contributed by atoms with E-state index in [-0.39, 0.29) is 18.0 Å². The Balaban J connectivity index is 1.95. The fourth-order valence-electron chi connectivity index (χ4n) is 2.93. The van der Waals surface area contributed by atoms with Crippen molar-refractivity contribution in [2.45, 2.75) is 32.1 Å². The highest BCUT2D eigenvalue weighted by molar-refractivity contribution is 5.94. The van der Waals surface area contributed by atoms with Gasteiger partial charge in [-0.25, -0.2) is 4.39 Å². The lowest BCUT2D eigenvalue weighted by atomic mass is 9.80. The van der Waals surface area contributed by atoms with Crippen LogP contribution in [0.3, 0.4) is 0 Å². The topological polar surface area (TPSA) is 66.4 Å². The standard InChI is InChI=1S/C16H20FNO3/c17-13-8-4-7-12(9-13)15(19)18-10-14(16(20)21)11-5-2-1-3-6-11/h4,7-9,11,14H,1-3,5-6,10H2,(H,18,19)(H,20,21). The summed E-state index contributed by atoms with van der Waals surface area (Å²) < 4.78 is 13.1. The summed E-state index contributed by atoms with van der Waals surface area (Å²) >= 11 is 0. The van der Waals surface area contributed by atoms with Gasteiger partial charge in [-0.05, 0) is 37.0 Å². The van der Waals surface area contributed by atoms with E-state index in [1.54, 1.807) is 0 Å². The number of halogens is 1. The van der Waals surface area contributed by atoms with Gasteiger partial charge in [0.2, 0.25) is 0 Å². The maximum Gasteiger partial charge on any atom is 0.308 e. The van der Waals surface area contributed by atoms with Gasteiger partial charge in [0.25, 0.3) is 5.91 Å². The van der Waals surface area contributed by atoms with E-state index in [1.165, 1.54) is 18.2 Å². The van der Waals surface area contributed by atoms with Crippen molar-refractivity contribution in [3.05, 3.63) is 35.6 Å². The van der Waals surface area contributed by atoms with Crippen molar-refractivity contribution in [2.24, 2.45) is 11.8 Å². The van der Waals surface area contributed by atoms with Gasteiger partial charge in [0.15, 0.2) is 0 Å². The second-order valence-corrected chi connectivity index (χ2v) is 5.56. The monoisotopic (exact) mass is 293 g/mol. The fourth-order valence-corrected chi connectivity index (χ4v) is 2.93. The molecule has 0 bridgehead atoms. The van der Waals surface area contributed by atoms with Crippen LogP contribution in [-0.2, 0) is 4.79 Å². The van der Waals surface area contributed by atoms with Crippen molar-refractivity contribution in [3.8, 4) is 0 Å². The number of carbonyl (C=O) groups excluding carboxylic acids is 1. The van der Waals surface area contributed by atoms with Gasteiger partial charge >= 0.3 is 5.97 Å². The molecule has 1 aliphatic carbocycles. The van der Waals surface area contributed by atoms with Crippen LogP contribution < -0.4 is 5.32 Å². The largest absolute Gasteiger partial charge is 0.481 e. The second-order valence-electron chi connectivity index (χ2n) is 5.56. The molecule has 0 aliphatic heterocycles. The Labute approximate surface area is 123 Å². The molecule has 5 heteroatoms. The number of carboxylic acids is 1. The molecule has 0 heterocycles. The molecule has 0 spiro atoms. The Kier molecular flexibility index (Phi) is 5.31. The molecule has 0 saturated heterocycles. The van der Waals surface area contributed by atoms with Crippen molar-refractivity contribution in [3.63, 3.8) is 0 Å². The molecule has 1 aromatic carbocycles. The van der Waals surface area contributed by atoms with Crippen molar-refractivity contribution in [1.82, 2.24) is 5.32 Å². The molecule has 1 amide bonds. The van der Waals surface area contributed by atoms with Gasteiger partial charge in [-0.1, -0.05) is 25.3 Å². The summed E-state index contributed by atoms with van der Waals surface area (Å²) in [5, 5.41) is 12.0. The van der Waals surface area contributed by atoms with Crippen molar-refractivity contribution in [1.29, 1.82) is 0 Å². The molecule has 4 nitrogen and oxygen atoms in total. The Morgan fingerprint density at radius 3 is 2.62 bits per heavy atom. The third-order valence-electron chi connectivity index (χ3n) is 4.11. The van der Waals surface area contributed by atoms with Crippen LogP contribution in [0, 0.1) is 17.7 Å². The van der Waals surface area contributed by atoms with E-state index in [4.69, 9.17) is 0 Å². The Bertz CT molecular complexity index is 512. The predicted molar refractivity (Wildman–Crippen MR) is 76.4 cm³/mol. The molecule has 1 aromatic rings. The molecule has 2 rings (SSSR count). The maximum atomic E-state index is 13.1. The van der Waals surface area contributed by atoms with Gasteiger partial charge < -0.3 is 10.4 Å². The first-order chi connectivity index (χ1) is 10.1. The van der Waals surface area contributed by atoms with Crippen LogP contribution in [0.25, 0.3) is 0 Å². The Morgan fingerprint density at radius 1 is 1.29 bits per heavy atom. The summed E-state index contributed by atoms with van der Waals surface area (Å²) in [5.41, 5.74) is 0.211. The van der Waals surface area contributed by atoms with Gasteiger partial charge in [-0.3, -0.25) is 9.59 Å². The molecule has 1 saturated carbocycles. The molecule has 21 heavy (non-hydrogen) atoms. The maximum absolute atomic E-state index is 13.1. The van der Waals surface area contributed by atoms with Crippen molar-refractivity contribution in [2.75, 3.05) is 6.54 Å². The number of aliphatic carboxylic acids is 1. The van der Waals surface area contributed by atoms with Gasteiger partial charge in [-0.2, -0.15) is 0 Å². The first-order valence-corrected chi connectivity index (χ1v) is 7.34. The summed E-state index contributed by atoms with van der Waals surface area (Å²) in [6, 6.07) is 5.37. The lowest BCUT2D eigenvalue weighted by molar-refractivity contribution is -0.143. The van der Waals surface area contributed by atoms with Crippen LogP contribution in [0.15, 0.2) is 24.3 Å². The quantitative estimate of drug-likeness (QED) is 0.877. The molecular formula is C16H20FNO3. The molecule has 0 radical (unpaired) electrons. The second kappa shape index (κ2) is 7.20. The zero-order chi connectivity index (χ0) is 15.2. The van der Waals surface area contributed by atoms with Gasteiger partial charge in [-0.15, -0.1) is 0 Å². The third-order valence-corrected chi connectivity index (χ3v) is 4.11. The summed E-state index contributed by atoms with van der Waals surface area (Å²) in [6.45, 7) is 0.0926. The van der Waals surface area contributed by atoms with Crippen LogP contribution in [-0.4, -0.2) is 23.5 Å². The minimum atomic E-state index is -0.874. The molecule has 1 aliphatic rings. The number of hydrogen-bond donors (Lipinski definition) is 2. The molecule has 1 fully saturated rings. The minimum Gasteiger partial charge on any atom is -0.481 e. The molecule has 1 atom stereocenters. The van der Waals surface area contributed by atoms with Crippen molar-refractivity contribution >= 4 is 11.9 Å². The Morgan fingerprint density at radius 2 is 2.00 bits per heavy atom. The van der Waals surface area contributed by atoms with Crippen molar-refractivity contribution < 1.29 is 19.1 Å². The number of amides is 1. The zero-order valence-corrected chi connectivity index (χ0v) is 11.8. The highest BCUT2D eigenvalue weighted by atomic mass is 19.1. The first-order valence-electron chi connectivity index (χ1n) is 7.34. The van der Waals surface area contributed by atoms with Crippen LogP contribution in [0.1, 0.15) is 42.5 Å². The van der Waals surface area contributed by atoms with E-state index >= 15 is 0 Å². The van der Waals surface area contributed by atoms with Gasteiger partial charge in [0, 0.05) is 12.1 Å². The van der Waals surface area contributed by atoms with Crippen LogP contribution >= 0.6 is 0 Å². The lowest BCUT2D eigenvalue weighted by Crippen LogP contribution is -2.37. The highest BCUT2D eigenvalue weighted by Gasteiger charge is 2.29. The van der Waals surface area contributed by atoms with Crippen LogP contribution in [0.4, 0.5) is 4.39 Å². The smallest absolute Gasteiger partial charge is 0.308 e. The summed E-state index contributed by atoms with van der Waals surface area (Å²) in [6.07, 6.45) is 5.04. The van der Waals surface area contributed by atoms with Gasteiger partial charge in [0.05, 0.1) is 5.92 Å². The fraction of sp³-hybridized carbons (Fsp3) is 0.500. The predicted octanol–water partition coefficient (Wildman–Crippen LogP) is 2.84. The first kappa shape index (κ1) is 15.5. The van der Waals surface area contributed by atoms with E-state index in [1.807, 2.05) is 0 Å². The highest BCUT2D eigenvalue weighted by Crippen LogP contribution is 2.30. The molecule has 0 aromatic heterocycles. The summed E-state index contributed by atoms with van der Waals surface area (Å²) in [5.74, 6) is -2.24. The Hall–Kier alpha value is -1.91. The molecular weight excluding hydrogens is 273 g/mol. The van der Waals surface area contributed by atoms with E-state index < -0.39 is 23.6 Å². The normalized spacial score (nSPS) is 17.2. The zero-order valence-electron chi connectivity index (χ0n) is 11.8. The van der Waals surface area contributed by atoms with Crippen LogP contribution in [0.2, 0.25) is 0 Å². The number of nitrogens with one attached hydrogen (secondary N) is 1. The molecule has 2 N–H and O–H groups in total. The van der Waals surface area contributed by atoms with E-state index in [9.17, 15) is 19.1 Å².